The number of hydrogen-bond acceptors (Lipinski definition) is 2. The van der Waals surface area contributed by atoms with Crippen LogP contribution in [0.15, 0.2) is 34.4 Å². The van der Waals surface area contributed by atoms with E-state index in [4.69, 9.17) is 0 Å². The van der Waals surface area contributed by atoms with Crippen molar-refractivity contribution in [3.8, 4) is 0 Å². The van der Waals surface area contributed by atoms with Crippen LogP contribution in [-0.2, 0) is 6.54 Å². The second kappa shape index (κ2) is 4.97. The lowest BCUT2D eigenvalue weighted by atomic mass is 10.2. The highest BCUT2D eigenvalue weighted by Gasteiger charge is 2.05. The predicted molar refractivity (Wildman–Crippen MR) is 70.2 cm³/mol. The fraction of sp³-hybridized carbons (Fsp3) is 0.250. The molecule has 16 heavy (non-hydrogen) atoms. The maximum atomic E-state index is 11.5. The Balaban J connectivity index is 2.11. The van der Waals surface area contributed by atoms with E-state index in [1.54, 1.807) is 11.3 Å². The van der Waals surface area contributed by atoms with Gasteiger partial charge in [0.25, 0.3) is 0 Å². The van der Waals surface area contributed by atoms with Gasteiger partial charge in [0, 0.05) is 39.1 Å². The van der Waals surface area contributed by atoms with Gasteiger partial charge in [0.05, 0.1) is 6.54 Å². The number of carbonyl (C=O) groups is 1. The smallest absolute Gasteiger partial charge is 0.164 e. The first kappa shape index (κ1) is 11.6. The van der Waals surface area contributed by atoms with Gasteiger partial charge in [-0.05, 0) is 28.1 Å². The second-order valence-electron chi connectivity index (χ2n) is 3.58. The van der Waals surface area contributed by atoms with Crippen molar-refractivity contribution in [1.29, 1.82) is 0 Å². The van der Waals surface area contributed by atoms with Crippen molar-refractivity contribution < 1.29 is 4.79 Å². The molecule has 2 aromatic rings. The van der Waals surface area contributed by atoms with Gasteiger partial charge in [-0.15, -0.1) is 11.3 Å². The third-order valence-corrected chi connectivity index (χ3v) is 4.04. The lowest BCUT2D eigenvalue weighted by Crippen LogP contribution is -1.96. The molecule has 0 radical (unpaired) electrons. The maximum absolute atomic E-state index is 11.5. The summed E-state index contributed by atoms with van der Waals surface area (Å²) >= 11 is 5.15. The molecule has 0 aliphatic carbocycles. The highest BCUT2D eigenvalue weighted by molar-refractivity contribution is 9.10. The number of thiophene rings is 1. The summed E-state index contributed by atoms with van der Waals surface area (Å²) in [6.45, 7) is 2.71. The molecule has 0 saturated carbocycles. The monoisotopic (exact) mass is 297 g/mol. The Morgan fingerprint density at radius 1 is 1.56 bits per heavy atom. The number of ketones is 1. The average molecular weight is 298 g/mol. The van der Waals surface area contributed by atoms with Crippen LogP contribution in [0.5, 0.6) is 0 Å². The lowest BCUT2D eigenvalue weighted by molar-refractivity contribution is 0.0988. The van der Waals surface area contributed by atoms with E-state index in [-0.39, 0.29) is 5.78 Å². The molecule has 0 aliphatic heterocycles. The molecule has 2 aromatic heterocycles. The first-order valence-corrected chi connectivity index (χ1v) is 6.78. The Labute approximate surface area is 107 Å². The molecule has 4 heteroatoms. The average Bonchev–Trinajstić information content (AvgIpc) is 2.87. The van der Waals surface area contributed by atoms with Crippen LogP contribution in [0.3, 0.4) is 0 Å². The number of aromatic nitrogens is 1. The normalized spacial score (nSPS) is 10.6. The van der Waals surface area contributed by atoms with Crippen LogP contribution in [0.2, 0.25) is 0 Å². The number of nitrogens with zero attached hydrogens (tertiary/aromatic N) is 1. The molecule has 0 N–H and O–H groups in total. The predicted octanol–water partition coefficient (Wildman–Crippen LogP) is 3.95. The molecule has 0 unspecified atom stereocenters. The van der Waals surface area contributed by atoms with Crippen molar-refractivity contribution in [3.05, 3.63) is 44.8 Å². The minimum atomic E-state index is 0.200. The maximum Gasteiger partial charge on any atom is 0.164 e. The molecule has 0 fully saturated rings. The summed E-state index contributed by atoms with van der Waals surface area (Å²) in [6.07, 6.45) is 4.44. The van der Waals surface area contributed by atoms with E-state index in [2.05, 4.69) is 27.4 Å². The molecule has 2 heterocycles. The zero-order chi connectivity index (χ0) is 11.5. The molecule has 0 bridgehead atoms. The summed E-state index contributed by atoms with van der Waals surface area (Å²) in [5, 5.41) is 2.07. The Kier molecular flexibility index (Phi) is 3.61. The van der Waals surface area contributed by atoms with E-state index in [1.807, 2.05) is 30.0 Å². The van der Waals surface area contributed by atoms with E-state index in [9.17, 15) is 4.79 Å². The first-order chi connectivity index (χ1) is 7.69. The summed E-state index contributed by atoms with van der Waals surface area (Å²) in [6, 6.07) is 3.99. The molecule has 0 spiro atoms. The fourth-order valence-corrected chi connectivity index (χ4v) is 2.98. The second-order valence-corrected chi connectivity index (χ2v) is 5.49. The quantitative estimate of drug-likeness (QED) is 0.783. The number of rotatable bonds is 4. The number of hydrogen-bond donors (Lipinski definition) is 0. The number of carbonyl (C=O) groups excluding carboxylic acids is 1. The molecule has 0 aromatic carbocycles. The van der Waals surface area contributed by atoms with Crippen molar-refractivity contribution in [1.82, 2.24) is 4.57 Å². The molecule has 2 rings (SSSR count). The summed E-state index contributed by atoms with van der Waals surface area (Å²) in [7, 11) is 0. The summed E-state index contributed by atoms with van der Waals surface area (Å²) < 4.78 is 3.16. The largest absolute Gasteiger partial charge is 0.348 e. The van der Waals surface area contributed by atoms with Crippen molar-refractivity contribution in [2.45, 2.75) is 19.9 Å². The van der Waals surface area contributed by atoms with Crippen molar-refractivity contribution in [2.24, 2.45) is 0 Å². The summed E-state index contributed by atoms with van der Waals surface area (Å²) in [5.74, 6) is 0.200. The van der Waals surface area contributed by atoms with Crippen molar-refractivity contribution >= 4 is 33.0 Å². The van der Waals surface area contributed by atoms with Gasteiger partial charge in [-0.1, -0.05) is 6.92 Å². The summed E-state index contributed by atoms with van der Waals surface area (Å²) in [4.78, 5) is 12.7. The molecule has 0 atom stereocenters. The molecule has 84 valence electrons. The third-order valence-electron chi connectivity index (χ3n) is 2.35. The van der Waals surface area contributed by atoms with Gasteiger partial charge >= 0.3 is 0 Å². The minimum Gasteiger partial charge on any atom is -0.348 e. The highest BCUT2D eigenvalue weighted by Crippen LogP contribution is 2.20. The highest BCUT2D eigenvalue weighted by atomic mass is 79.9. The zero-order valence-corrected chi connectivity index (χ0v) is 11.3. The Hall–Kier alpha value is -0.870. The van der Waals surface area contributed by atoms with Crippen LogP contribution < -0.4 is 0 Å². The molecule has 0 saturated heterocycles. The van der Waals surface area contributed by atoms with Crippen LogP contribution in [0.4, 0.5) is 0 Å². The number of halogens is 1. The Morgan fingerprint density at radius 2 is 2.38 bits per heavy atom. The zero-order valence-electron chi connectivity index (χ0n) is 8.94. The fourth-order valence-electron chi connectivity index (χ4n) is 1.52. The van der Waals surface area contributed by atoms with Crippen LogP contribution >= 0.6 is 27.3 Å². The van der Waals surface area contributed by atoms with Gasteiger partial charge in [0.15, 0.2) is 5.78 Å². The van der Waals surface area contributed by atoms with Gasteiger partial charge in [-0.2, -0.15) is 0 Å². The van der Waals surface area contributed by atoms with Crippen molar-refractivity contribution in [3.63, 3.8) is 0 Å². The minimum absolute atomic E-state index is 0.200. The molecular formula is C12H12BrNOS. The van der Waals surface area contributed by atoms with E-state index in [0.29, 0.717) is 6.42 Å². The van der Waals surface area contributed by atoms with Gasteiger partial charge in [-0.25, -0.2) is 0 Å². The lowest BCUT2D eigenvalue weighted by Gasteiger charge is -1.98. The van der Waals surface area contributed by atoms with Gasteiger partial charge in [-0.3, -0.25) is 4.79 Å². The molecule has 0 amide bonds. The van der Waals surface area contributed by atoms with Crippen LogP contribution in [0, 0.1) is 0 Å². The Morgan fingerprint density at radius 3 is 3.00 bits per heavy atom. The topological polar surface area (TPSA) is 22.0 Å². The number of Topliss-reactive ketones (excluding diaryl/α,β-unsaturated/α-hetero) is 1. The van der Waals surface area contributed by atoms with Crippen LogP contribution in [-0.4, -0.2) is 10.4 Å². The molecular weight excluding hydrogens is 286 g/mol. The van der Waals surface area contributed by atoms with Gasteiger partial charge in [0.2, 0.25) is 0 Å². The first-order valence-electron chi connectivity index (χ1n) is 5.11. The standard InChI is InChI=1S/C12H12BrNOS/c1-2-12(15)9-3-4-14(6-9)7-11-5-10(13)8-16-11/h3-6,8H,2,7H2,1H3. The molecule has 0 aliphatic rings. The van der Waals surface area contributed by atoms with E-state index < -0.39 is 0 Å². The SMILES string of the molecule is CCC(=O)c1ccn(Cc2cc(Br)cs2)c1. The Bertz CT molecular complexity index is 501. The van der Waals surface area contributed by atoms with E-state index in [1.165, 1.54) is 4.88 Å². The van der Waals surface area contributed by atoms with E-state index >= 15 is 0 Å². The molecule has 2 nitrogen and oxygen atoms in total. The van der Waals surface area contributed by atoms with E-state index in [0.717, 1.165) is 16.6 Å². The van der Waals surface area contributed by atoms with Crippen molar-refractivity contribution in [2.75, 3.05) is 0 Å². The van der Waals surface area contributed by atoms with Gasteiger partial charge < -0.3 is 4.57 Å². The van der Waals surface area contributed by atoms with Gasteiger partial charge in [0.1, 0.15) is 0 Å². The summed E-state index contributed by atoms with van der Waals surface area (Å²) in [5.41, 5.74) is 0.804. The van der Waals surface area contributed by atoms with Crippen LogP contribution in [0.1, 0.15) is 28.6 Å². The van der Waals surface area contributed by atoms with Crippen LogP contribution in [0.25, 0.3) is 0 Å². The third kappa shape index (κ3) is 2.62.